The van der Waals surface area contributed by atoms with E-state index < -0.39 is 18.0 Å². The first-order chi connectivity index (χ1) is 8.04. The molecule has 0 spiro atoms. The Hall–Kier alpha value is -1.08. The molecule has 6 nitrogen and oxygen atoms in total. The molecule has 0 aromatic rings. The largest absolute Gasteiger partial charge is 0.343 e. The molecule has 7 heteroatoms. The van der Waals surface area contributed by atoms with E-state index >= 15 is 0 Å². The molecule has 3 amide bonds. The molecule has 1 aliphatic heterocycles. The smallest absolute Gasteiger partial charge is 0.249 e. The molecule has 1 fully saturated rings. The number of nitrogens with two attached hydrogens (primary N) is 1. The zero-order valence-electron chi connectivity index (χ0n) is 9.69. The maximum atomic E-state index is 11.6. The van der Waals surface area contributed by atoms with Crippen molar-refractivity contribution in [3.05, 3.63) is 0 Å². The second-order valence-electron chi connectivity index (χ2n) is 3.90. The second kappa shape index (κ2) is 6.61. The number of imide groups is 1. The number of nitrogens with one attached hydrogen (secondary N) is 2. The summed E-state index contributed by atoms with van der Waals surface area (Å²) < 4.78 is 0. The van der Waals surface area contributed by atoms with Crippen LogP contribution in [-0.2, 0) is 14.4 Å². The van der Waals surface area contributed by atoms with Crippen LogP contribution in [0.5, 0.6) is 0 Å². The van der Waals surface area contributed by atoms with Crippen LogP contribution in [0.4, 0.5) is 0 Å². The highest BCUT2D eigenvalue weighted by molar-refractivity contribution is 7.98. The molecule has 0 bridgehead atoms. The van der Waals surface area contributed by atoms with Gasteiger partial charge in [-0.05, 0) is 24.9 Å². The number of hydrogen-bond acceptors (Lipinski definition) is 5. The van der Waals surface area contributed by atoms with Crippen molar-refractivity contribution >= 4 is 29.5 Å². The highest BCUT2D eigenvalue weighted by Crippen LogP contribution is 2.05. The topological polar surface area (TPSA) is 101 Å². The molecule has 1 heterocycles. The Morgan fingerprint density at radius 3 is 2.94 bits per heavy atom. The van der Waals surface area contributed by atoms with Gasteiger partial charge in [-0.3, -0.25) is 19.7 Å². The molecule has 0 unspecified atom stereocenters. The number of hydrogen-bond donors (Lipinski definition) is 3. The lowest BCUT2D eigenvalue weighted by Crippen LogP contribution is -2.55. The Morgan fingerprint density at radius 1 is 1.65 bits per heavy atom. The highest BCUT2D eigenvalue weighted by Gasteiger charge is 2.28. The predicted octanol–water partition coefficient (Wildman–Crippen LogP) is -1.01. The summed E-state index contributed by atoms with van der Waals surface area (Å²) in [5.41, 5.74) is 5.67. The lowest BCUT2D eigenvalue weighted by molar-refractivity contribution is -0.137. The number of amides is 3. The third-order valence-corrected chi connectivity index (χ3v) is 3.17. The first-order valence-electron chi connectivity index (χ1n) is 5.43. The fraction of sp³-hybridized carbons (Fsp3) is 0.700. The molecule has 2 atom stereocenters. The van der Waals surface area contributed by atoms with Gasteiger partial charge in [0.05, 0.1) is 6.04 Å². The molecule has 1 rings (SSSR count). The first-order valence-corrected chi connectivity index (χ1v) is 6.82. The molecule has 0 aromatic heterocycles. The predicted molar refractivity (Wildman–Crippen MR) is 65.3 cm³/mol. The standard InChI is InChI=1S/C10H17N3O3S/c1-17-5-4-6(11)9(15)12-7-2-3-8(14)13-10(7)16/h6-7H,2-5,11H2,1H3,(H,12,15)(H,13,14,16)/t6-,7+/m0/s1. The normalized spacial score (nSPS) is 21.9. The quantitative estimate of drug-likeness (QED) is 0.549. The fourth-order valence-corrected chi connectivity index (χ4v) is 1.98. The van der Waals surface area contributed by atoms with Crippen molar-refractivity contribution in [1.29, 1.82) is 0 Å². The molecule has 96 valence electrons. The van der Waals surface area contributed by atoms with Crippen LogP contribution in [0, 0.1) is 0 Å². The minimum atomic E-state index is -0.638. The maximum absolute atomic E-state index is 11.6. The van der Waals surface area contributed by atoms with Gasteiger partial charge in [-0.2, -0.15) is 11.8 Å². The number of carbonyl (C=O) groups is 3. The van der Waals surface area contributed by atoms with E-state index in [9.17, 15) is 14.4 Å². The average molecular weight is 259 g/mol. The molecule has 0 aliphatic carbocycles. The molecular formula is C10H17N3O3S. The van der Waals surface area contributed by atoms with Crippen molar-refractivity contribution in [3.63, 3.8) is 0 Å². The van der Waals surface area contributed by atoms with Gasteiger partial charge in [-0.1, -0.05) is 0 Å². The van der Waals surface area contributed by atoms with E-state index in [-0.39, 0.29) is 18.2 Å². The van der Waals surface area contributed by atoms with Gasteiger partial charge in [0, 0.05) is 6.42 Å². The Bertz CT molecular complexity index is 322. The summed E-state index contributed by atoms with van der Waals surface area (Å²) in [5, 5.41) is 4.74. The third kappa shape index (κ3) is 4.35. The Balaban J connectivity index is 2.40. The van der Waals surface area contributed by atoms with Gasteiger partial charge >= 0.3 is 0 Å². The van der Waals surface area contributed by atoms with Gasteiger partial charge in [-0.25, -0.2) is 0 Å². The van der Waals surface area contributed by atoms with Crippen LogP contribution in [0.2, 0.25) is 0 Å². The van der Waals surface area contributed by atoms with Crippen molar-refractivity contribution in [1.82, 2.24) is 10.6 Å². The summed E-state index contributed by atoms with van der Waals surface area (Å²) in [7, 11) is 0. The number of thioether (sulfide) groups is 1. The van der Waals surface area contributed by atoms with Gasteiger partial charge in [0.15, 0.2) is 0 Å². The van der Waals surface area contributed by atoms with E-state index in [2.05, 4.69) is 10.6 Å². The van der Waals surface area contributed by atoms with E-state index in [1.165, 1.54) is 0 Å². The zero-order chi connectivity index (χ0) is 12.8. The number of rotatable bonds is 5. The summed E-state index contributed by atoms with van der Waals surface area (Å²) in [6.07, 6.45) is 3.09. The van der Waals surface area contributed by atoms with Crippen molar-refractivity contribution < 1.29 is 14.4 Å². The van der Waals surface area contributed by atoms with E-state index in [1.54, 1.807) is 11.8 Å². The summed E-state index contributed by atoms with van der Waals surface area (Å²) in [4.78, 5) is 33.9. The summed E-state index contributed by atoms with van der Waals surface area (Å²) in [6.45, 7) is 0. The van der Waals surface area contributed by atoms with Crippen molar-refractivity contribution in [2.45, 2.75) is 31.3 Å². The zero-order valence-corrected chi connectivity index (χ0v) is 10.5. The third-order valence-electron chi connectivity index (χ3n) is 2.53. The fourth-order valence-electron chi connectivity index (χ4n) is 1.49. The molecule has 4 N–H and O–H groups in total. The van der Waals surface area contributed by atoms with Crippen molar-refractivity contribution in [3.8, 4) is 0 Å². The molecule has 0 radical (unpaired) electrons. The van der Waals surface area contributed by atoms with Crippen LogP contribution in [0.15, 0.2) is 0 Å². The van der Waals surface area contributed by atoms with Crippen molar-refractivity contribution in [2.75, 3.05) is 12.0 Å². The Morgan fingerprint density at radius 2 is 2.35 bits per heavy atom. The van der Waals surface area contributed by atoms with Gasteiger partial charge < -0.3 is 11.1 Å². The van der Waals surface area contributed by atoms with Crippen LogP contribution >= 0.6 is 11.8 Å². The SMILES string of the molecule is CSCC[C@H](N)C(=O)N[C@@H]1CCC(=O)NC1=O. The minimum absolute atomic E-state index is 0.247. The Kier molecular flexibility index (Phi) is 5.43. The second-order valence-corrected chi connectivity index (χ2v) is 4.89. The van der Waals surface area contributed by atoms with Crippen LogP contribution in [-0.4, -0.2) is 41.8 Å². The molecule has 0 aromatic carbocycles. The van der Waals surface area contributed by atoms with E-state index in [0.29, 0.717) is 12.8 Å². The van der Waals surface area contributed by atoms with E-state index in [0.717, 1.165) is 5.75 Å². The minimum Gasteiger partial charge on any atom is -0.343 e. The van der Waals surface area contributed by atoms with Crippen LogP contribution in [0.3, 0.4) is 0 Å². The van der Waals surface area contributed by atoms with Gasteiger partial charge in [-0.15, -0.1) is 0 Å². The van der Waals surface area contributed by atoms with Gasteiger partial charge in [0.25, 0.3) is 0 Å². The molecule has 1 saturated heterocycles. The molecule has 0 saturated carbocycles. The summed E-state index contributed by atoms with van der Waals surface area (Å²) in [5.74, 6) is -0.295. The molecule has 17 heavy (non-hydrogen) atoms. The number of piperidine rings is 1. The van der Waals surface area contributed by atoms with Gasteiger partial charge in [0.1, 0.15) is 6.04 Å². The lowest BCUT2D eigenvalue weighted by Gasteiger charge is -2.23. The molecule has 1 aliphatic rings. The molecular weight excluding hydrogens is 242 g/mol. The van der Waals surface area contributed by atoms with Gasteiger partial charge in [0.2, 0.25) is 17.7 Å². The first kappa shape index (κ1) is 14.0. The van der Waals surface area contributed by atoms with E-state index in [1.807, 2.05) is 6.26 Å². The Labute approximate surface area is 104 Å². The van der Waals surface area contributed by atoms with E-state index in [4.69, 9.17) is 5.73 Å². The summed E-state index contributed by atoms with van der Waals surface area (Å²) in [6, 6.07) is -1.24. The van der Waals surface area contributed by atoms with Crippen LogP contribution in [0.1, 0.15) is 19.3 Å². The van der Waals surface area contributed by atoms with Crippen molar-refractivity contribution in [2.24, 2.45) is 5.73 Å². The summed E-state index contributed by atoms with van der Waals surface area (Å²) >= 11 is 1.61. The highest BCUT2D eigenvalue weighted by atomic mass is 32.2. The average Bonchev–Trinajstić information content (AvgIpc) is 2.29. The lowest BCUT2D eigenvalue weighted by atomic mass is 10.1. The maximum Gasteiger partial charge on any atom is 0.249 e. The van der Waals surface area contributed by atoms with Crippen LogP contribution in [0.25, 0.3) is 0 Å². The van der Waals surface area contributed by atoms with Crippen LogP contribution < -0.4 is 16.4 Å². The number of carbonyl (C=O) groups excluding carboxylic acids is 3. The monoisotopic (exact) mass is 259 g/mol.